The van der Waals surface area contributed by atoms with Crippen molar-refractivity contribution in [1.82, 2.24) is 9.88 Å². The van der Waals surface area contributed by atoms with Crippen LogP contribution in [-0.4, -0.2) is 40.0 Å². The van der Waals surface area contributed by atoms with Gasteiger partial charge < -0.3 is 10.0 Å². The number of carboxylic acids is 1. The fraction of sp³-hybridized carbons (Fsp3) is 0.462. The number of carbonyl (C=O) groups excluding carboxylic acids is 1. The third kappa shape index (κ3) is 4.52. The van der Waals surface area contributed by atoms with Gasteiger partial charge in [0.05, 0.1) is 10.6 Å². The molecule has 0 aromatic carbocycles. The molecule has 0 aliphatic heterocycles. The van der Waals surface area contributed by atoms with Crippen LogP contribution in [0.4, 0.5) is 0 Å². The van der Waals surface area contributed by atoms with Crippen molar-refractivity contribution in [1.29, 1.82) is 0 Å². The summed E-state index contributed by atoms with van der Waals surface area (Å²) in [5.41, 5.74) is 0.935. The Kier molecular flexibility index (Phi) is 5.30. The van der Waals surface area contributed by atoms with Crippen LogP contribution in [0.25, 0.3) is 0 Å². The molecule has 0 atom stereocenters. The van der Waals surface area contributed by atoms with Crippen LogP contribution in [0, 0.1) is 12.8 Å². The normalized spacial score (nSPS) is 10.6. The molecule has 5 nitrogen and oxygen atoms in total. The van der Waals surface area contributed by atoms with Crippen LogP contribution in [0.15, 0.2) is 12.3 Å². The lowest BCUT2D eigenvalue weighted by atomic mass is 10.1. The first kappa shape index (κ1) is 15.4. The van der Waals surface area contributed by atoms with Gasteiger partial charge >= 0.3 is 5.97 Å². The third-order valence-corrected chi connectivity index (χ3v) is 2.73. The SMILES string of the molecule is Cc1cc(Cl)c(C(=O)N(CC(=O)O)CC(C)C)cn1. The maximum atomic E-state index is 12.3. The number of rotatable bonds is 5. The molecule has 1 heterocycles. The van der Waals surface area contributed by atoms with Crippen LogP contribution in [0.2, 0.25) is 5.02 Å². The molecule has 0 spiro atoms. The van der Waals surface area contributed by atoms with E-state index in [1.54, 1.807) is 13.0 Å². The van der Waals surface area contributed by atoms with E-state index >= 15 is 0 Å². The molecule has 0 aliphatic carbocycles. The van der Waals surface area contributed by atoms with Gasteiger partial charge in [-0.15, -0.1) is 0 Å². The Morgan fingerprint density at radius 3 is 2.58 bits per heavy atom. The van der Waals surface area contributed by atoms with Gasteiger partial charge in [0.1, 0.15) is 6.54 Å². The Morgan fingerprint density at radius 2 is 2.11 bits per heavy atom. The third-order valence-electron chi connectivity index (χ3n) is 2.42. The molecule has 104 valence electrons. The highest BCUT2D eigenvalue weighted by atomic mass is 35.5. The first-order valence-corrected chi connectivity index (χ1v) is 6.32. The minimum absolute atomic E-state index is 0.167. The predicted octanol–water partition coefficient (Wildman–Crippen LogP) is 2.23. The Bertz CT molecular complexity index is 489. The molecular formula is C13H17ClN2O3. The minimum Gasteiger partial charge on any atom is -0.480 e. The molecular weight excluding hydrogens is 268 g/mol. The number of carbonyl (C=O) groups is 2. The zero-order chi connectivity index (χ0) is 14.6. The Morgan fingerprint density at radius 1 is 1.47 bits per heavy atom. The molecule has 19 heavy (non-hydrogen) atoms. The summed E-state index contributed by atoms with van der Waals surface area (Å²) in [6, 6.07) is 1.59. The number of hydrogen-bond donors (Lipinski definition) is 1. The lowest BCUT2D eigenvalue weighted by Crippen LogP contribution is -2.38. The molecule has 1 aromatic heterocycles. The van der Waals surface area contributed by atoms with E-state index in [4.69, 9.17) is 16.7 Å². The van der Waals surface area contributed by atoms with Crippen LogP contribution < -0.4 is 0 Å². The average molecular weight is 285 g/mol. The van der Waals surface area contributed by atoms with Crippen molar-refractivity contribution in [3.05, 3.63) is 28.5 Å². The lowest BCUT2D eigenvalue weighted by Gasteiger charge is -2.23. The van der Waals surface area contributed by atoms with Gasteiger partial charge in [-0.2, -0.15) is 0 Å². The molecule has 1 rings (SSSR count). The molecule has 0 bridgehead atoms. The summed E-state index contributed by atoms with van der Waals surface area (Å²) < 4.78 is 0. The van der Waals surface area contributed by atoms with Gasteiger partial charge in [-0.05, 0) is 18.9 Å². The highest BCUT2D eigenvalue weighted by molar-refractivity contribution is 6.33. The number of aromatic nitrogens is 1. The fourth-order valence-corrected chi connectivity index (χ4v) is 1.97. The molecule has 1 amide bonds. The lowest BCUT2D eigenvalue weighted by molar-refractivity contribution is -0.137. The van der Waals surface area contributed by atoms with Crippen molar-refractivity contribution in [2.75, 3.05) is 13.1 Å². The smallest absolute Gasteiger partial charge is 0.323 e. The molecule has 0 fully saturated rings. The zero-order valence-electron chi connectivity index (χ0n) is 11.2. The highest BCUT2D eigenvalue weighted by Crippen LogP contribution is 2.18. The number of aryl methyl sites for hydroxylation is 1. The van der Waals surface area contributed by atoms with E-state index < -0.39 is 11.9 Å². The van der Waals surface area contributed by atoms with Gasteiger partial charge in [-0.3, -0.25) is 14.6 Å². The largest absolute Gasteiger partial charge is 0.480 e. The maximum absolute atomic E-state index is 12.3. The Labute approximate surface area is 117 Å². The second-order valence-corrected chi connectivity index (χ2v) is 5.19. The fourth-order valence-electron chi connectivity index (χ4n) is 1.68. The molecule has 0 saturated carbocycles. The Hall–Kier alpha value is -1.62. The van der Waals surface area contributed by atoms with Crippen molar-refractivity contribution >= 4 is 23.5 Å². The molecule has 1 N–H and O–H groups in total. The Balaban J connectivity index is 3.00. The van der Waals surface area contributed by atoms with Crippen molar-refractivity contribution in [3.63, 3.8) is 0 Å². The van der Waals surface area contributed by atoms with Crippen LogP contribution in [-0.2, 0) is 4.79 Å². The minimum atomic E-state index is -1.05. The average Bonchev–Trinajstić information content (AvgIpc) is 2.26. The summed E-state index contributed by atoms with van der Waals surface area (Å²) in [5, 5.41) is 9.15. The monoisotopic (exact) mass is 284 g/mol. The summed E-state index contributed by atoms with van der Waals surface area (Å²) in [6.07, 6.45) is 1.38. The van der Waals surface area contributed by atoms with Crippen LogP contribution in [0.3, 0.4) is 0 Å². The van der Waals surface area contributed by atoms with Crippen molar-refractivity contribution < 1.29 is 14.7 Å². The van der Waals surface area contributed by atoms with E-state index in [-0.39, 0.29) is 23.0 Å². The van der Waals surface area contributed by atoms with Crippen molar-refractivity contribution in [3.8, 4) is 0 Å². The van der Waals surface area contributed by atoms with E-state index in [9.17, 15) is 9.59 Å². The number of halogens is 1. The van der Waals surface area contributed by atoms with E-state index in [1.165, 1.54) is 11.1 Å². The van der Waals surface area contributed by atoms with Gasteiger partial charge in [-0.25, -0.2) is 0 Å². The van der Waals surface area contributed by atoms with Crippen LogP contribution in [0.1, 0.15) is 29.9 Å². The van der Waals surface area contributed by atoms with Crippen molar-refractivity contribution in [2.24, 2.45) is 5.92 Å². The van der Waals surface area contributed by atoms with Gasteiger partial charge in [-0.1, -0.05) is 25.4 Å². The molecule has 0 aliphatic rings. The highest BCUT2D eigenvalue weighted by Gasteiger charge is 2.21. The summed E-state index contributed by atoms with van der Waals surface area (Å²) in [5.74, 6) is -1.29. The molecule has 0 radical (unpaired) electrons. The van der Waals surface area contributed by atoms with E-state index in [0.717, 1.165) is 0 Å². The molecule has 6 heteroatoms. The summed E-state index contributed by atoms with van der Waals surface area (Å²) in [6.45, 7) is 5.61. The number of aliphatic carboxylic acids is 1. The van der Waals surface area contributed by atoms with Gasteiger partial charge in [0.25, 0.3) is 5.91 Å². The second kappa shape index (κ2) is 6.52. The number of amides is 1. The van der Waals surface area contributed by atoms with Crippen LogP contribution >= 0.6 is 11.6 Å². The summed E-state index contributed by atoms with van der Waals surface area (Å²) in [4.78, 5) is 28.4. The van der Waals surface area contributed by atoms with Gasteiger partial charge in [0, 0.05) is 18.4 Å². The number of nitrogens with zero attached hydrogens (tertiary/aromatic N) is 2. The molecule has 0 unspecified atom stereocenters. The first-order chi connectivity index (χ1) is 8.81. The first-order valence-electron chi connectivity index (χ1n) is 5.94. The van der Waals surface area contributed by atoms with E-state index in [2.05, 4.69) is 4.98 Å². The number of pyridine rings is 1. The zero-order valence-corrected chi connectivity index (χ0v) is 11.9. The molecule has 0 saturated heterocycles. The van der Waals surface area contributed by atoms with Crippen molar-refractivity contribution in [2.45, 2.75) is 20.8 Å². The quantitative estimate of drug-likeness (QED) is 0.900. The summed E-state index contributed by atoms with van der Waals surface area (Å²) >= 11 is 6.01. The predicted molar refractivity (Wildman–Crippen MR) is 72.4 cm³/mol. The standard InChI is InChI=1S/C13H17ClN2O3/c1-8(2)6-16(7-12(17)18)13(19)10-5-15-9(3)4-11(10)14/h4-5,8H,6-7H2,1-3H3,(H,17,18). The van der Waals surface area contributed by atoms with Crippen LogP contribution in [0.5, 0.6) is 0 Å². The summed E-state index contributed by atoms with van der Waals surface area (Å²) in [7, 11) is 0. The topological polar surface area (TPSA) is 70.5 Å². The number of hydrogen-bond acceptors (Lipinski definition) is 3. The number of carboxylic acid groups (broad SMARTS) is 1. The molecule has 1 aromatic rings. The second-order valence-electron chi connectivity index (χ2n) is 4.78. The van der Waals surface area contributed by atoms with E-state index in [1.807, 2.05) is 13.8 Å². The maximum Gasteiger partial charge on any atom is 0.323 e. The van der Waals surface area contributed by atoms with Gasteiger partial charge in [0.15, 0.2) is 0 Å². The van der Waals surface area contributed by atoms with E-state index in [0.29, 0.717) is 12.2 Å². The van der Waals surface area contributed by atoms with Gasteiger partial charge in [0.2, 0.25) is 0 Å².